The molecule has 98 valence electrons. The predicted octanol–water partition coefficient (Wildman–Crippen LogP) is 5.05. The lowest BCUT2D eigenvalue weighted by Gasteiger charge is -2.05. The van der Waals surface area contributed by atoms with Gasteiger partial charge in [0, 0.05) is 4.83 Å². The second kappa shape index (κ2) is 13.5. The number of rotatable bonds is 12. The van der Waals surface area contributed by atoms with Gasteiger partial charge in [-0.05, 0) is 6.42 Å². The SMILES string of the molecule is CCCCCCCCCCCCC(Br)CO. The average molecular weight is 293 g/mol. The summed E-state index contributed by atoms with van der Waals surface area (Å²) >= 11 is 3.44. The summed E-state index contributed by atoms with van der Waals surface area (Å²) in [5.74, 6) is 0. The molecular weight excluding hydrogens is 264 g/mol. The highest BCUT2D eigenvalue weighted by atomic mass is 79.9. The number of hydrogen-bond donors (Lipinski definition) is 1. The van der Waals surface area contributed by atoms with E-state index in [0.717, 1.165) is 6.42 Å². The molecule has 0 saturated carbocycles. The molecule has 0 rings (SSSR count). The maximum Gasteiger partial charge on any atom is 0.0556 e. The van der Waals surface area contributed by atoms with Crippen LogP contribution >= 0.6 is 15.9 Å². The molecule has 0 aliphatic heterocycles. The van der Waals surface area contributed by atoms with Gasteiger partial charge in [0.1, 0.15) is 0 Å². The molecular formula is C14H29BrO. The van der Waals surface area contributed by atoms with E-state index in [2.05, 4.69) is 22.9 Å². The summed E-state index contributed by atoms with van der Waals surface area (Å²) in [5.41, 5.74) is 0. The summed E-state index contributed by atoms with van der Waals surface area (Å²) < 4.78 is 0. The number of aliphatic hydroxyl groups is 1. The molecule has 0 radical (unpaired) electrons. The van der Waals surface area contributed by atoms with E-state index in [1.54, 1.807) is 0 Å². The zero-order valence-corrected chi connectivity index (χ0v) is 12.5. The maximum absolute atomic E-state index is 8.83. The molecule has 2 heteroatoms. The molecule has 16 heavy (non-hydrogen) atoms. The van der Waals surface area contributed by atoms with Crippen molar-refractivity contribution in [1.82, 2.24) is 0 Å². The van der Waals surface area contributed by atoms with Crippen molar-refractivity contribution < 1.29 is 5.11 Å². The highest BCUT2D eigenvalue weighted by Gasteiger charge is 2.00. The van der Waals surface area contributed by atoms with Crippen LogP contribution in [0.1, 0.15) is 77.6 Å². The standard InChI is InChI=1S/C14H29BrO/c1-2-3-4-5-6-7-8-9-10-11-12-14(15)13-16/h14,16H,2-13H2,1H3. The molecule has 0 aromatic rings. The molecule has 0 saturated heterocycles. The Morgan fingerprint density at radius 1 is 0.812 bits per heavy atom. The van der Waals surface area contributed by atoms with Crippen LogP contribution in [-0.2, 0) is 0 Å². The van der Waals surface area contributed by atoms with Crippen LogP contribution in [0.4, 0.5) is 0 Å². The third-order valence-electron chi connectivity index (χ3n) is 3.07. The lowest BCUT2D eigenvalue weighted by Crippen LogP contribution is -2.02. The Morgan fingerprint density at radius 2 is 1.25 bits per heavy atom. The molecule has 0 fully saturated rings. The molecule has 0 aromatic carbocycles. The van der Waals surface area contributed by atoms with Crippen molar-refractivity contribution in [2.75, 3.05) is 6.61 Å². The van der Waals surface area contributed by atoms with Gasteiger partial charge in [0.25, 0.3) is 0 Å². The van der Waals surface area contributed by atoms with E-state index < -0.39 is 0 Å². The molecule has 0 amide bonds. The topological polar surface area (TPSA) is 20.2 Å². The summed E-state index contributed by atoms with van der Waals surface area (Å²) in [6.07, 6.45) is 14.9. The first-order valence-electron chi connectivity index (χ1n) is 7.06. The first-order valence-corrected chi connectivity index (χ1v) is 7.97. The zero-order chi connectivity index (χ0) is 12.1. The number of unbranched alkanes of at least 4 members (excludes halogenated alkanes) is 9. The third-order valence-corrected chi connectivity index (χ3v) is 3.82. The second-order valence-corrected chi connectivity index (χ2v) is 6.05. The molecule has 1 unspecified atom stereocenters. The van der Waals surface area contributed by atoms with Gasteiger partial charge in [0.2, 0.25) is 0 Å². The van der Waals surface area contributed by atoms with Crippen molar-refractivity contribution in [2.24, 2.45) is 0 Å². The fraction of sp³-hybridized carbons (Fsp3) is 1.00. The summed E-state index contributed by atoms with van der Waals surface area (Å²) in [7, 11) is 0. The van der Waals surface area contributed by atoms with Crippen LogP contribution in [0.2, 0.25) is 0 Å². The molecule has 0 aromatic heterocycles. The summed E-state index contributed by atoms with van der Waals surface area (Å²) in [5, 5.41) is 8.83. The highest BCUT2D eigenvalue weighted by molar-refractivity contribution is 9.09. The number of aliphatic hydroxyl groups excluding tert-OH is 1. The van der Waals surface area contributed by atoms with Gasteiger partial charge < -0.3 is 5.11 Å². The Hall–Kier alpha value is 0.440. The normalized spacial score (nSPS) is 12.9. The number of hydrogen-bond acceptors (Lipinski definition) is 1. The van der Waals surface area contributed by atoms with E-state index in [0.29, 0.717) is 4.83 Å². The Morgan fingerprint density at radius 3 is 1.69 bits per heavy atom. The predicted molar refractivity (Wildman–Crippen MR) is 76.3 cm³/mol. The van der Waals surface area contributed by atoms with Gasteiger partial charge in [-0.25, -0.2) is 0 Å². The summed E-state index contributed by atoms with van der Waals surface area (Å²) in [6.45, 7) is 2.54. The largest absolute Gasteiger partial charge is 0.395 e. The Labute approximate surface area is 110 Å². The maximum atomic E-state index is 8.83. The van der Waals surface area contributed by atoms with Crippen molar-refractivity contribution in [3.05, 3.63) is 0 Å². The lowest BCUT2D eigenvalue weighted by molar-refractivity contribution is 0.290. The lowest BCUT2D eigenvalue weighted by atomic mass is 10.1. The van der Waals surface area contributed by atoms with Crippen LogP contribution < -0.4 is 0 Å². The Bertz CT molecular complexity index is 128. The molecule has 0 heterocycles. The van der Waals surface area contributed by atoms with Crippen LogP contribution in [0.15, 0.2) is 0 Å². The number of alkyl halides is 1. The van der Waals surface area contributed by atoms with Gasteiger partial charge in [0.05, 0.1) is 6.61 Å². The van der Waals surface area contributed by atoms with Crippen LogP contribution in [0, 0.1) is 0 Å². The molecule has 1 atom stereocenters. The third kappa shape index (κ3) is 12.5. The summed E-state index contributed by atoms with van der Waals surface area (Å²) in [6, 6.07) is 0. The van der Waals surface area contributed by atoms with E-state index in [4.69, 9.17) is 5.11 Å². The van der Waals surface area contributed by atoms with Crippen LogP contribution in [0.5, 0.6) is 0 Å². The van der Waals surface area contributed by atoms with Crippen molar-refractivity contribution >= 4 is 15.9 Å². The van der Waals surface area contributed by atoms with E-state index in [1.165, 1.54) is 64.2 Å². The van der Waals surface area contributed by atoms with Crippen molar-refractivity contribution in [3.63, 3.8) is 0 Å². The van der Waals surface area contributed by atoms with Gasteiger partial charge >= 0.3 is 0 Å². The number of halogens is 1. The van der Waals surface area contributed by atoms with Crippen LogP contribution in [0.3, 0.4) is 0 Å². The van der Waals surface area contributed by atoms with E-state index in [1.807, 2.05) is 0 Å². The van der Waals surface area contributed by atoms with Gasteiger partial charge in [-0.1, -0.05) is 87.1 Å². The quantitative estimate of drug-likeness (QED) is 0.394. The van der Waals surface area contributed by atoms with Crippen LogP contribution in [-0.4, -0.2) is 16.5 Å². The van der Waals surface area contributed by atoms with E-state index in [9.17, 15) is 0 Å². The van der Waals surface area contributed by atoms with Gasteiger partial charge in [-0.3, -0.25) is 0 Å². The van der Waals surface area contributed by atoms with Gasteiger partial charge in [-0.2, -0.15) is 0 Å². The first kappa shape index (κ1) is 16.4. The molecule has 0 bridgehead atoms. The first-order chi connectivity index (χ1) is 7.81. The highest BCUT2D eigenvalue weighted by Crippen LogP contribution is 2.14. The van der Waals surface area contributed by atoms with Crippen LogP contribution in [0.25, 0.3) is 0 Å². The molecule has 1 nitrogen and oxygen atoms in total. The van der Waals surface area contributed by atoms with E-state index >= 15 is 0 Å². The second-order valence-electron chi connectivity index (χ2n) is 4.75. The Kier molecular flexibility index (Phi) is 13.9. The van der Waals surface area contributed by atoms with Crippen molar-refractivity contribution in [2.45, 2.75) is 82.4 Å². The minimum Gasteiger partial charge on any atom is -0.395 e. The minimum atomic E-state index is 0.275. The molecule has 0 aliphatic carbocycles. The summed E-state index contributed by atoms with van der Waals surface area (Å²) in [4.78, 5) is 0.321. The van der Waals surface area contributed by atoms with Gasteiger partial charge in [-0.15, -0.1) is 0 Å². The average Bonchev–Trinajstić information content (AvgIpc) is 2.31. The molecule has 0 spiro atoms. The minimum absolute atomic E-state index is 0.275. The fourth-order valence-corrected chi connectivity index (χ4v) is 2.27. The monoisotopic (exact) mass is 292 g/mol. The Balaban J connectivity index is 2.93. The molecule has 1 N–H and O–H groups in total. The zero-order valence-electron chi connectivity index (χ0n) is 10.9. The smallest absolute Gasteiger partial charge is 0.0556 e. The van der Waals surface area contributed by atoms with Crippen molar-refractivity contribution in [1.29, 1.82) is 0 Å². The fourth-order valence-electron chi connectivity index (χ4n) is 1.94. The molecule has 0 aliphatic rings. The van der Waals surface area contributed by atoms with E-state index in [-0.39, 0.29) is 6.61 Å². The van der Waals surface area contributed by atoms with Gasteiger partial charge in [0.15, 0.2) is 0 Å². The van der Waals surface area contributed by atoms with Crippen molar-refractivity contribution in [3.8, 4) is 0 Å².